The molecule has 22 heavy (non-hydrogen) atoms. The van der Waals surface area contributed by atoms with Crippen molar-refractivity contribution in [1.29, 1.82) is 0 Å². The van der Waals surface area contributed by atoms with Gasteiger partial charge < -0.3 is 9.47 Å². The number of aromatic nitrogens is 2. The number of likely N-dealkylation sites (N-methyl/N-ethyl adjacent to an activating group) is 1. The standard InChI is InChI=1S/C19H21N3/c1-21-10-3-5-18(21)14-22-11-8-15-6-7-16(12-19(15)22)17-4-2-9-20-13-17/h2,4,6-9,11-13,18H,3,5,10,14H2,1H3/t18-/m1/s1. The summed E-state index contributed by atoms with van der Waals surface area (Å²) in [6.45, 7) is 2.31. The van der Waals surface area contributed by atoms with Crippen molar-refractivity contribution in [2.24, 2.45) is 0 Å². The predicted molar refractivity (Wildman–Crippen MR) is 90.8 cm³/mol. The first-order valence-electron chi connectivity index (χ1n) is 8.01. The molecule has 0 bridgehead atoms. The molecule has 0 N–H and O–H groups in total. The molecule has 4 rings (SSSR count). The summed E-state index contributed by atoms with van der Waals surface area (Å²) in [4.78, 5) is 6.71. The Morgan fingerprint density at radius 1 is 1.18 bits per heavy atom. The normalized spacial score (nSPS) is 19.0. The van der Waals surface area contributed by atoms with Gasteiger partial charge in [0.05, 0.1) is 0 Å². The van der Waals surface area contributed by atoms with Crippen LogP contribution in [0.4, 0.5) is 0 Å². The van der Waals surface area contributed by atoms with Gasteiger partial charge >= 0.3 is 0 Å². The van der Waals surface area contributed by atoms with E-state index in [4.69, 9.17) is 0 Å². The first-order chi connectivity index (χ1) is 10.8. The number of benzene rings is 1. The Morgan fingerprint density at radius 2 is 2.14 bits per heavy atom. The number of hydrogen-bond donors (Lipinski definition) is 0. The van der Waals surface area contributed by atoms with Gasteiger partial charge in [-0.1, -0.05) is 18.2 Å². The number of pyridine rings is 1. The van der Waals surface area contributed by atoms with E-state index in [1.54, 1.807) is 0 Å². The summed E-state index contributed by atoms with van der Waals surface area (Å²) in [6.07, 6.45) is 8.60. The summed E-state index contributed by atoms with van der Waals surface area (Å²) in [5.74, 6) is 0. The smallest absolute Gasteiger partial charge is 0.0487 e. The molecule has 1 saturated heterocycles. The summed E-state index contributed by atoms with van der Waals surface area (Å²) in [5, 5.41) is 1.31. The minimum Gasteiger partial charge on any atom is -0.346 e. The van der Waals surface area contributed by atoms with E-state index in [1.165, 1.54) is 41.4 Å². The summed E-state index contributed by atoms with van der Waals surface area (Å²) < 4.78 is 2.40. The number of hydrogen-bond acceptors (Lipinski definition) is 2. The topological polar surface area (TPSA) is 21.1 Å². The molecule has 1 aromatic carbocycles. The summed E-state index contributed by atoms with van der Waals surface area (Å²) in [5.41, 5.74) is 3.73. The van der Waals surface area contributed by atoms with Crippen molar-refractivity contribution in [3.63, 3.8) is 0 Å². The fourth-order valence-electron chi connectivity index (χ4n) is 3.49. The zero-order valence-corrected chi connectivity index (χ0v) is 12.9. The average molecular weight is 291 g/mol. The fraction of sp³-hybridized carbons (Fsp3) is 0.316. The van der Waals surface area contributed by atoms with Crippen LogP contribution in [0.5, 0.6) is 0 Å². The minimum atomic E-state index is 0.664. The monoisotopic (exact) mass is 291 g/mol. The second-order valence-electron chi connectivity index (χ2n) is 6.26. The van der Waals surface area contributed by atoms with Crippen molar-refractivity contribution in [2.45, 2.75) is 25.4 Å². The fourth-order valence-corrected chi connectivity index (χ4v) is 3.49. The third-order valence-electron chi connectivity index (χ3n) is 4.85. The molecular weight excluding hydrogens is 270 g/mol. The van der Waals surface area contributed by atoms with Crippen molar-refractivity contribution in [3.8, 4) is 11.1 Å². The van der Waals surface area contributed by atoms with E-state index in [-0.39, 0.29) is 0 Å². The molecule has 1 aliphatic heterocycles. The highest BCUT2D eigenvalue weighted by molar-refractivity contribution is 5.85. The van der Waals surface area contributed by atoms with Gasteiger partial charge in [0, 0.05) is 42.3 Å². The summed E-state index contributed by atoms with van der Waals surface area (Å²) >= 11 is 0. The van der Waals surface area contributed by atoms with E-state index >= 15 is 0 Å². The van der Waals surface area contributed by atoms with Gasteiger partial charge in [0.1, 0.15) is 0 Å². The SMILES string of the molecule is CN1CCC[C@@H]1Cn1ccc2ccc(-c3cccnc3)cc21. The first-order valence-corrected chi connectivity index (χ1v) is 8.01. The zero-order chi connectivity index (χ0) is 14.9. The van der Waals surface area contributed by atoms with E-state index < -0.39 is 0 Å². The molecule has 3 heterocycles. The maximum Gasteiger partial charge on any atom is 0.0487 e. The van der Waals surface area contributed by atoms with Crippen LogP contribution in [0.3, 0.4) is 0 Å². The molecule has 0 saturated carbocycles. The summed E-state index contributed by atoms with van der Waals surface area (Å²) in [6, 6.07) is 13.7. The molecule has 0 radical (unpaired) electrons. The lowest BCUT2D eigenvalue weighted by Crippen LogP contribution is -2.28. The number of likely N-dealkylation sites (tertiary alicyclic amines) is 1. The van der Waals surface area contributed by atoms with Crippen molar-refractivity contribution in [1.82, 2.24) is 14.5 Å². The Hall–Kier alpha value is -2.13. The highest BCUT2D eigenvalue weighted by Gasteiger charge is 2.21. The predicted octanol–water partition coefficient (Wildman–Crippen LogP) is 3.80. The molecule has 0 spiro atoms. The van der Waals surface area contributed by atoms with Crippen molar-refractivity contribution < 1.29 is 0 Å². The molecular formula is C19H21N3. The van der Waals surface area contributed by atoms with Gasteiger partial charge in [0.25, 0.3) is 0 Å². The Balaban J connectivity index is 1.71. The largest absolute Gasteiger partial charge is 0.346 e. The second kappa shape index (κ2) is 5.58. The number of nitrogens with zero attached hydrogens (tertiary/aromatic N) is 3. The molecule has 112 valence electrons. The van der Waals surface area contributed by atoms with Crippen LogP contribution in [-0.4, -0.2) is 34.1 Å². The van der Waals surface area contributed by atoms with Crippen LogP contribution in [0.25, 0.3) is 22.0 Å². The van der Waals surface area contributed by atoms with Crippen molar-refractivity contribution in [3.05, 3.63) is 55.0 Å². The van der Waals surface area contributed by atoms with Crippen LogP contribution >= 0.6 is 0 Å². The lowest BCUT2D eigenvalue weighted by atomic mass is 10.1. The highest BCUT2D eigenvalue weighted by atomic mass is 15.2. The Bertz CT molecular complexity index is 776. The van der Waals surface area contributed by atoms with Crippen LogP contribution < -0.4 is 0 Å². The van der Waals surface area contributed by atoms with Gasteiger partial charge in [-0.15, -0.1) is 0 Å². The van der Waals surface area contributed by atoms with E-state index in [9.17, 15) is 0 Å². The molecule has 0 aliphatic carbocycles. The van der Waals surface area contributed by atoms with Crippen LogP contribution in [0.15, 0.2) is 55.0 Å². The van der Waals surface area contributed by atoms with Gasteiger partial charge in [-0.25, -0.2) is 0 Å². The molecule has 0 unspecified atom stereocenters. The lowest BCUT2D eigenvalue weighted by molar-refractivity contribution is 0.284. The van der Waals surface area contributed by atoms with Crippen LogP contribution in [0, 0.1) is 0 Å². The third kappa shape index (κ3) is 2.42. The number of fused-ring (bicyclic) bond motifs is 1. The van der Waals surface area contributed by atoms with Gasteiger partial charge in [0.2, 0.25) is 0 Å². The molecule has 0 amide bonds. The molecule has 3 heteroatoms. The lowest BCUT2D eigenvalue weighted by Gasteiger charge is -2.20. The maximum absolute atomic E-state index is 4.23. The van der Waals surface area contributed by atoms with Gasteiger partial charge in [-0.2, -0.15) is 0 Å². The van der Waals surface area contributed by atoms with Crippen molar-refractivity contribution >= 4 is 10.9 Å². The Labute approximate surface area is 131 Å². The van der Waals surface area contributed by atoms with Crippen LogP contribution in [0.1, 0.15) is 12.8 Å². The molecule has 3 nitrogen and oxygen atoms in total. The molecule has 1 atom stereocenters. The first kappa shape index (κ1) is 13.5. The van der Waals surface area contributed by atoms with Gasteiger partial charge in [0.15, 0.2) is 0 Å². The summed E-state index contributed by atoms with van der Waals surface area (Å²) in [7, 11) is 2.24. The highest BCUT2D eigenvalue weighted by Crippen LogP contribution is 2.26. The second-order valence-corrected chi connectivity index (χ2v) is 6.26. The Morgan fingerprint density at radius 3 is 2.91 bits per heavy atom. The molecule has 1 fully saturated rings. The number of rotatable bonds is 3. The van der Waals surface area contributed by atoms with E-state index in [1.807, 2.05) is 18.5 Å². The van der Waals surface area contributed by atoms with Gasteiger partial charge in [-0.3, -0.25) is 4.98 Å². The van der Waals surface area contributed by atoms with Crippen LogP contribution in [0.2, 0.25) is 0 Å². The average Bonchev–Trinajstić information content (AvgIpc) is 3.15. The van der Waals surface area contributed by atoms with E-state index in [0.29, 0.717) is 6.04 Å². The maximum atomic E-state index is 4.23. The van der Waals surface area contributed by atoms with E-state index in [0.717, 1.165) is 6.54 Å². The zero-order valence-electron chi connectivity index (χ0n) is 12.9. The minimum absolute atomic E-state index is 0.664. The third-order valence-corrected chi connectivity index (χ3v) is 4.85. The van der Waals surface area contributed by atoms with Crippen LogP contribution in [-0.2, 0) is 6.54 Å². The van der Waals surface area contributed by atoms with E-state index in [2.05, 4.69) is 58.0 Å². The molecule has 3 aromatic rings. The quantitative estimate of drug-likeness (QED) is 0.732. The molecule has 2 aromatic heterocycles. The Kier molecular flexibility index (Phi) is 3.43. The van der Waals surface area contributed by atoms with Gasteiger partial charge in [-0.05, 0) is 55.6 Å². The molecule has 1 aliphatic rings. The van der Waals surface area contributed by atoms with Crippen molar-refractivity contribution in [2.75, 3.05) is 13.6 Å².